The van der Waals surface area contributed by atoms with Crippen molar-refractivity contribution in [2.24, 2.45) is 0 Å². The fourth-order valence-corrected chi connectivity index (χ4v) is 1.03. The Bertz CT molecular complexity index is 129. The summed E-state index contributed by atoms with van der Waals surface area (Å²) in [5.74, 6) is 0. The molecular weight excluding hydrogens is 407 g/mol. The zero-order chi connectivity index (χ0) is 14.2. The van der Waals surface area contributed by atoms with Crippen molar-refractivity contribution in [2.75, 3.05) is 28.2 Å². The summed E-state index contributed by atoms with van der Waals surface area (Å²) in [6, 6.07) is 0. The molecule has 6 heteroatoms. The normalized spacial score (nSPS) is 17.1. The first-order valence-electron chi connectivity index (χ1n) is 5.35. The molecule has 2 nitrogen and oxygen atoms in total. The largest absolute Gasteiger partial charge is 4.00 e. The van der Waals surface area contributed by atoms with Crippen LogP contribution in [0.5, 0.6) is 0 Å². The second-order valence-corrected chi connectivity index (χ2v) is 4.08. The summed E-state index contributed by atoms with van der Waals surface area (Å²) in [5.41, 5.74) is 0. The van der Waals surface area contributed by atoms with Crippen LogP contribution in [0.15, 0.2) is 0 Å². The summed E-state index contributed by atoms with van der Waals surface area (Å²) >= 11 is 9.49. The monoisotopic (exact) mass is 426 g/mol. The number of hydrogen-bond acceptors (Lipinski definition) is 2. The molecule has 0 aromatic heterocycles. The van der Waals surface area contributed by atoms with E-state index in [-0.39, 0.29) is 43.3 Å². The molecule has 0 aromatic rings. The Morgan fingerprint density at radius 2 is 0.800 bits per heavy atom. The van der Waals surface area contributed by atoms with Gasteiger partial charge in [0.25, 0.3) is 0 Å². The van der Waals surface area contributed by atoms with E-state index in [9.17, 15) is 0 Å². The molecule has 108 valence electrons. The third-order valence-electron chi connectivity index (χ3n) is 1.26. The fraction of sp³-hybridized carbons (Fsp3) is 0.286. The van der Waals surface area contributed by atoms with Crippen molar-refractivity contribution in [3.63, 3.8) is 0 Å². The van der Waals surface area contributed by atoms with E-state index in [1.807, 2.05) is 51.4 Å². The van der Waals surface area contributed by atoms with Gasteiger partial charge in [0.2, 0.25) is 0 Å². The van der Waals surface area contributed by atoms with Crippen molar-refractivity contribution in [1.82, 2.24) is 0 Å². The van der Waals surface area contributed by atoms with Gasteiger partial charge in [0.1, 0.15) is 0 Å². The quantitative estimate of drug-likeness (QED) is 0.439. The number of rotatable bonds is 0. The predicted molar refractivity (Wildman–Crippen MR) is 86.0 cm³/mol. The van der Waals surface area contributed by atoms with E-state index < -0.39 is 0 Å². The Hall–Kier alpha value is 2.02. The molecule has 2 rings (SSSR count). The van der Waals surface area contributed by atoms with Gasteiger partial charge in [-0.2, -0.15) is 38.7 Å². The van der Waals surface area contributed by atoms with Crippen molar-refractivity contribution < 1.29 is 43.3 Å². The van der Waals surface area contributed by atoms with E-state index in [1.165, 1.54) is 0 Å². The molecule has 0 amide bonds. The molecule has 0 aliphatic heterocycles. The van der Waals surface area contributed by atoms with Gasteiger partial charge in [-0.25, -0.2) is 0 Å². The Morgan fingerprint density at radius 3 is 0.850 bits per heavy atom. The first kappa shape index (κ1) is 30.0. The van der Waals surface area contributed by atoms with Gasteiger partial charge >= 0.3 is 43.3 Å². The number of hydrogen-bond donors (Lipinski definition) is 0. The van der Waals surface area contributed by atoms with Gasteiger partial charge in [0.15, 0.2) is 0 Å². The summed E-state index contributed by atoms with van der Waals surface area (Å²) in [7, 11) is 7.00. The van der Waals surface area contributed by atoms with Crippen molar-refractivity contribution >= 4 is 25.3 Å². The van der Waals surface area contributed by atoms with Crippen LogP contribution in [-0.4, -0.2) is 28.2 Å². The molecule has 2 aliphatic carbocycles. The third-order valence-corrected chi connectivity index (χ3v) is 1.81. The van der Waals surface area contributed by atoms with E-state index in [4.69, 9.17) is 25.3 Å². The van der Waals surface area contributed by atoms with Crippen LogP contribution in [0.4, 0.5) is 0 Å². The van der Waals surface area contributed by atoms with Crippen LogP contribution in [0.2, 0.25) is 0 Å². The van der Waals surface area contributed by atoms with Crippen molar-refractivity contribution in [2.45, 2.75) is 0 Å². The molecule has 2 aliphatic rings. The van der Waals surface area contributed by atoms with Crippen LogP contribution in [0, 0.1) is 61.9 Å². The maximum absolute atomic E-state index is 4.75. The van der Waals surface area contributed by atoms with Crippen LogP contribution < -0.4 is 0 Å². The standard InChI is InChI=1S/2C5H4S.2C2H6N.Fe.Zr/c2*6-5-3-1-2-4-5;2*1-3-2;;/h2*1-4H;2*1-2H3;;/q4*-1;+2;+4. The van der Waals surface area contributed by atoms with E-state index in [1.54, 1.807) is 28.2 Å². The minimum absolute atomic E-state index is 0. The van der Waals surface area contributed by atoms with Gasteiger partial charge in [-0.05, 0) is 25.7 Å². The Morgan fingerprint density at radius 1 is 0.650 bits per heavy atom. The SMILES string of the molecule is C[N-]C.C[N-]C.[Fe+2].[S-][C]1[CH][CH][CH][CH]1.[S-][C]1[CH][CH][CH][CH]1.[Zr+4]. The predicted octanol–water partition coefficient (Wildman–Crippen LogP) is 3.03. The van der Waals surface area contributed by atoms with Gasteiger partial charge in [0, 0.05) is 0 Å². The second-order valence-electron chi connectivity index (χ2n) is 3.14. The smallest absolute Gasteiger partial charge is 0.787 e. The van der Waals surface area contributed by atoms with Crippen LogP contribution in [0.1, 0.15) is 0 Å². The first-order valence-corrected chi connectivity index (χ1v) is 6.17. The average Bonchev–Trinajstić information content (AvgIpc) is 2.95. The Kier molecular flexibility index (Phi) is 38.9. The average molecular weight is 428 g/mol. The summed E-state index contributed by atoms with van der Waals surface area (Å²) in [6.07, 6.45) is 15.3. The topological polar surface area (TPSA) is 28.2 Å². The zero-order valence-electron chi connectivity index (χ0n) is 12.2. The molecule has 0 bridgehead atoms. The molecule has 0 heterocycles. The second kappa shape index (κ2) is 25.9. The van der Waals surface area contributed by atoms with Gasteiger partial charge in [-0.3, -0.25) is 0 Å². The van der Waals surface area contributed by atoms with E-state index in [2.05, 4.69) is 10.6 Å². The maximum Gasteiger partial charge on any atom is 4.00 e. The molecule has 2 fully saturated rings. The fourth-order valence-electron chi connectivity index (χ4n) is 0.713. The van der Waals surface area contributed by atoms with Gasteiger partial charge in [0.05, 0.1) is 0 Å². The molecule has 10 radical (unpaired) electrons. The van der Waals surface area contributed by atoms with Crippen LogP contribution in [-0.2, 0) is 68.5 Å². The molecule has 0 saturated heterocycles. The Labute approximate surface area is 168 Å². The molecule has 0 spiro atoms. The van der Waals surface area contributed by atoms with Crippen LogP contribution in [0.3, 0.4) is 0 Å². The summed E-state index contributed by atoms with van der Waals surface area (Å²) in [4.78, 5) is 0. The Balaban J connectivity index is -0.0000000874. The third kappa shape index (κ3) is 28.2. The first-order chi connectivity index (χ1) is 8.62. The molecule has 0 unspecified atom stereocenters. The van der Waals surface area contributed by atoms with Gasteiger partial charge in [-0.1, -0.05) is 25.7 Å². The number of nitrogens with zero attached hydrogens (tertiary/aromatic N) is 2. The van der Waals surface area contributed by atoms with E-state index >= 15 is 0 Å². The molecule has 0 N–H and O–H groups in total. The van der Waals surface area contributed by atoms with E-state index in [0.717, 1.165) is 10.5 Å². The minimum atomic E-state index is 0. The minimum Gasteiger partial charge on any atom is -0.787 e. The van der Waals surface area contributed by atoms with Crippen LogP contribution >= 0.6 is 0 Å². The van der Waals surface area contributed by atoms with Crippen LogP contribution in [0.25, 0.3) is 10.6 Å². The molecule has 20 heavy (non-hydrogen) atoms. The summed E-state index contributed by atoms with van der Waals surface area (Å²) in [6.45, 7) is 0. The van der Waals surface area contributed by atoms with Gasteiger partial charge in [-0.15, -0.1) is 0 Å². The molecular formula is C14H20FeN2S2Zr+2. The molecule has 0 aromatic carbocycles. The van der Waals surface area contributed by atoms with Crippen molar-refractivity contribution in [1.29, 1.82) is 0 Å². The maximum atomic E-state index is 4.75. The van der Waals surface area contributed by atoms with Gasteiger partial charge < -0.3 is 35.9 Å². The zero-order valence-corrected chi connectivity index (χ0v) is 17.4. The summed E-state index contributed by atoms with van der Waals surface area (Å²) in [5, 5.41) is 8.85. The molecule has 0 atom stereocenters. The van der Waals surface area contributed by atoms with E-state index in [0.29, 0.717) is 0 Å². The van der Waals surface area contributed by atoms with Crippen molar-refractivity contribution in [3.05, 3.63) is 72.5 Å². The molecule has 2 saturated carbocycles. The van der Waals surface area contributed by atoms with Crippen molar-refractivity contribution in [3.8, 4) is 0 Å². The summed E-state index contributed by atoms with van der Waals surface area (Å²) < 4.78 is 0.